The molecule has 1 aromatic rings. The summed E-state index contributed by atoms with van der Waals surface area (Å²) in [4.78, 5) is 14.1. The molecule has 1 heterocycles. The van der Waals surface area contributed by atoms with Crippen molar-refractivity contribution in [2.24, 2.45) is 5.73 Å². The first kappa shape index (κ1) is 12.4. The lowest BCUT2D eigenvalue weighted by Gasteiger charge is -2.30. The van der Waals surface area contributed by atoms with Gasteiger partial charge in [-0.05, 0) is 43.5 Å². The van der Waals surface area contributed by atoms with Crippen molar-refractivity contribution in [1.82, 2.24) is 4.90 Å². The van der Waals surface area contributed by atoms with Crippen LogP contribution in [0.5, 0.6) is 0 Å². The number of amides is 1. The Hall–Kier alpha value is -1.06. The van der Waals surface area contributed by atoms with E-state index in [1.807, 2.05) is 24.0 Å². The van der Waals surface area contributed by atoms with Crippen molar-refractivity contribution in [2.45, 2.75) is 25.8 Å². The van der Waals surface area contributed by atoms with Gasteiger partial charge in [-0.1, -0.05) is 11.6 Å². The first-order chi connectivity index (χ1) is 8.06. The maximum absolute atomic E-state index is 12.3. The monoisotopic (exact) mass is 252 g/mol. The molecule has 0 spiro atoms. The minimum Gasteiger partial charge on any atom is -0.337 e. The number of nitrogens with zero attached hydrogens (tertiary/aromatic N) is 1. The van der Waals surface area contributed by atoms with Gasteiger partial charge in [0, 0.05) is 29.7 Å². The Bertz CT molecular complexity index is 413. The summed E-state index contributed by atoms with van der Waals surface area (Å²) in [7, 11) is 0. The van der Waals surface area contributed by atoms with Crippen LogP contribution in [0.2, 0.25) is 5.02 Å². The number of hydrogen-bond acceptors (Lipinski definition) is 2. The Morgan fingerprint density at radius 3 is 2.88 bits per heavy atom. The molecule has 4 heteroatoms. The number of aryl methyl sites for hydroxylation is 1. The second-order valence-electron chi connectivity index (χ2n) is 4.67. The number of carbonyl (C=O) groups excluding carboxylic acids is 1. The van der Waals surface area contributed by atoms with Crippen LogP contribution in [0.1, 0.15) is 28.8 Å². The van der Waals surface area contributed by atoms with Crippen molar-refractivity contribution in [3.05, 3.63) is 34.3 Å². The molecule has 1 fully saturated rings. The van der Waals surface area contributed by atoms with Crippen LogP contribution < -0.4 is 5.73 Å². The van der Waals surface area contributed by atoms with Crippen molar-refractivity contribution in [3.63, 3.8) is 0 Å². The molecule has 0 aliphatic carbocycles. The molecule has 1 aliphatic heterocycles. The van der Waals surface area contributed by atoms with Gasteiger partial charge in [0.05, 0.1) is 0 Å². The molecule has 2 rings (SSSR count). The normalized spacial score (nSPS) is 20.4. The van der Waals surface area contributed by atoms with Crippen LogP contribution in [0, 0.1) is 6.92 Å². The third kappa shape index (κ3) is 2.99. The molecule has 0 aromatic heterocycles. The van der Waals surface area contributed by atoms with Gasteiger partial charge in [0.25, 0.3) is 5.91 Å². The Morgan fingerprint density at radius 2 is 2.24 bits per heavy atom. The summed E-state index contributed by atoms with van der Waals surface area (Å²) in [5, 5.41) is 0.606. The number of carbonyl (C=O) groups is 1. The van der Waals surface area contributed by atoms with Gasteiger partial charge in [-0.2, -0.15) is 0 Å². The average Bonchev–Trinajstić information content (AvgIpc) is 2.26. The number of rotatable bonds is 1. The number of benzene rings is 1. The van der Waals surface area contributed by atoms with Gasteiger partial charge in [-0.15, -0.1) is 0 Å². The molecule has 17 heavy (non-hydrogen) atoms. The van der Waals surface area contributed by atoms with Gasteiger partial charge in [-0.3, -0.25) is 4.79 Å². The van der Waals surface area contributed by atoms with Crippen LogP contribution in [0.4, 0.5) is 0 Å². The fourth-order valence-corrected chi connectivity index (χ4v) is 2.53. The lowest BCUT2D eigenvalue weighted by atomic mass is 10.0. The molecule has 1 aromatic carbocycles. The van der Waals surface area contributed by atoms with Crippen LogP contribution >= 0.6 is 11.6 Å². The molecule has 0 saturated carbocycles. The molecule has 0 unspecified atom stereocenters. The first-order valence-electron chi connectivity index (χ1n) is 5.88. The number of piperidine rings is 1. The molecule has 2 N–H and O–H groups in total. The molecule has 0 bridgehead atoms. The number of nitrogens with two attached hydrogens (primary N) is 1. The van der Waals surface area contributed by atoms with Crippen molar-refractivity contribution in [1.29, 1.82) is 0 Å². The fourth-order valence-electron chi connectivity index (χ4n) is 2.24. The van der Waals surface area contributed by atoms with Gasteiger partial charge in [-0.25, -0.2) is 0 Å². The molecule has 1 atom stereocenters. The molecule has 3 nitrogen and oxygen atoms in total. The van der Waals surface area contributed by atoms with E-state index in [4.69, 9.17) is 17.3 Å². The van der Waals surface area contributed by atoms with E-state index in [2.05, 4.69) is 0 Å². The highest BCUT2D eigenvalue weighted by molar-refractivity contribution is 6.31. The van der Waals surface area contributed by atoms with Crippen molar-refractivity contribution in [2.75, 3.05) is 13.1 Å². The molecule has 1 aliphatic rings. The molecule has 1 amide bonds. The highest BCUT2D eigenvalue weighted by atomic mass is 35.5. The zero-order chi connectivity index (χ0) is 12.4. The molecule has 0 radical (unpaired) electrons. The minimum absolute atomic E-state index is 0.0331. The maximum Gasteiger partial charge on any atom is 0.253 e. The Kier molecular flexibility index (Phi) is 3.69. The van der Waals surface area contributed by atoms with Gasteiger partial charge in [0.1, 0.15) is 0 Å². The van der Waals surface area contributed by atoms with Crippen LogP contribution in [0.3, 0.4) is 0 Å². The van der Waals surface area contributed by atoms with E-state index in [-0.39, 0.29) is 11.9 Å². The molecule has 1 saturated heterocycles. The largest absolute Gasteiger partial charge is 0.337 e. The van der Waals surface area contributed by atoms with Crippen molar-refractivity contribution in [3.8, 4) is 0 Å². The number of hydrogen-bond donors (Lipinski definition) is 1. The second kappa shape index (κ2) is 5.07. The second-order valence-corrected chi connectivity index (χ2v) is 5.11. The van der Waals surface area contributed by atoms with E-state index >= 15 is 0 Å². The first-order valence-corrected chi connectivity index (χ1v) is 6.26. The lowest BCUT2D eigenvalue weighted by Crippen LogP contribution is -2.45. The predicted octanol–water partition coefficient (Wildman–Crippen LogP) is 2.21. The highest BCUT2D eigenvalue weighted by Gasteiger charge is 2.22. The summed E-state index contributed by atoms with van der Waals surface area (Å²) in [5.74, 6) is 0.0331. The van der Waals surface area contributed by atoms with E-state index < -0.39 is 0 Å². The van der Waals surface area contributed by atoms with Gasteiger partial charge in [0.15, 0.2) is 0 Å². The van der Waals surface area contributed by atoms with E-state index in [1.54, 1.807) is 6.07 Å². The Balaban J connectivity index is 2.18. The highest BCUT2D eigenvalue weighted by Crippen LogP contribution is 2.18. The average molecular weight is 253 g/mol. The molecular weight excluding hydrogens is 236 g/mol. The van der Waals surface area contributed by atoms with Gasteiger partial charge in [0.2, 0.25) is 0 Å². The summed E-state index contributed by atoms with van der Waals surface area (Å²) in [5.41, 5.74) is 7.54. The summed E-state index contributed by atoms with van der Waals surface area (Å²) >= 11 is 5.97. The topological polar surface area (TPSA) is 46.3 Å². The van der Waals surface area contributed by atoms with Crippen LogP contribution in [0.15, 0.2) is 18.2 Å². The zero-order valence-electron chi connectivity index (χ0n) is 9.95. The Labute approximate surface area is 107 Å². The third-order valence-corrected chi connectivity index (χ3v) is 3.25. The Morgan fingerprint density at radius 1 is 1.47 bits per heavy atom. The third-order valence-electron chi connectivity index (χ3n) is 3.03. The summed E-state index contributed by atoms with van der Waals surface area (Å²) in [6.45, 7) is 3.37. The maximum atomic E-state index is 12.3. The van der Waals surface area contributed by atoms with Crippen LogP contribution in [-0.2, 0) is 0 Å². The smallest absolute Gasteiger partial charge is 0.253 e. The quantitative estimate of drug-likeness (QED) is 0.833. The van der Waals surface area contributed by atoms with Crippen LogP contribution in [-0.4, -0.2) is 29.9 Å². The SMILES string of the molecule is Cc1cc(Cl)cc(C(=O)N2CCC[C@@H](N)C2)c1. The van der Waals surface area contributed by atoms with Gasteiger partial charge < -0.3 is 10.6 Å². The molecular formula is C13H17ClN2O. The molecule has 92 valence electrons. The summed E-state index contributed by atoms with van der Waals surface area (Å²) < 4.78 is 0. The standard InChI is InChI=1S/C13H17ClN2O/c1-9-5-10(7-11(14)6-9)13(17)16-4-2-3-12(15)8-16/h5-7,12H,2-4,8,15H2,1H3/t12-/m1/s1. The van der Waals surface area contributed by atoms with Crippen molar-refractivity contribution >= 4 is 17.5 Å². The fraction of sp³-hybridized carbons (Fsp3) is 0.462. The van der Waals surface area contributed by atoms with Crippen LogP contribution in [0.25, 0.3) is 0 Å². The predicted molar refractivity (Wildman–Crippen MR) is 69.3 cm³/mol. The van der Waals surface area contributed by atoms with E-state index in [0.29, 0.717) is 17.1 Å². The van der Waals surface area contributed by atoms with E-state index in [0.717, 1.165) is 24.9 Å². The van der Waals surface area contributed by atoms with E-state index in [1.165, 1.54) is 0 Å². The minimum atomic E-state index is 0.0331. The lowest BCUT2D eigenvalue weighted by molar-refractivity contribution is 0.0708. The zero-order valence-corrected chi connectivity index (χ0v) is 10.7. The van der Waals surface area contributed by atoms with Crippen molar-refractivity contribution < 1.29 is 4.79 Å². The number of likely N-dealkylation sites (tertiary alicyclic amines) is 1. The summed E-state index contributed by atoms with van der Waals surface area (Å²) in [6.07, 6.45) is 1.98. The van der Waals surface area contributed by atoms with Gasteiger partial charge >= 0.3 is 0 Å². The summed E-state index contributed by atoms with van der Waals surface area (Å²) in [6, 6.07) is 5.54. The number of halogens is 1. The van der Waals surface area contributed by atoms with E-state index in [9.17, 15) is 4.79 Å².